The zero-order valence-electron chi connectivity index (χ0n) is 6.67. The van der Waals surface area contributed by atoms with E-state index in [1.807, 2.05) is 22.6 Å². The van der Waals surface area contributed by atoms with Crippen LogP contribution in [0.15, 0.2) is 16.6 Å². The molecule has 0 spiro atoms. The third-order valence-corrected chi connectivity index (χ3v) is 3.97. The molecule has 0 atom stereocenters. The maximum absolute atomic E-state index is 11.1. The molecule has 0 radical (unpaired) electrons. The normalized spacial score (nSPS) is 9.77. The summed E-state index contributed by atoms with van der Waals surface area (Å²) >= 11 is 5.17. The van der Waals surface area contributed by atoms with Crippen LogP contribution in [0.1, 0.15) is 10.4 Å². The summed E-state index contributed by atoms with van der Waals surface area (Å²) in [5.74, 6) is -0.593. The lowest BCUT2D eigenvalue weighted by Crippen LogP contribution is -2.02. The largest absolute Gasteiger partial charge is 0.506 e. The van der Waals surface area contributed by atoms with Gasteiger partial charge < -0.3 is 9.84 Å². The molecule has 70 valence electrons. The lowest BCUT2D eigenvalue weighted by Gasteiger charge is -2.05. The van der Waals surface area contributed by atoms with Gasteiger partial charge in [-0.2, -0.15) is 0 Å². The summed E-state index contributed by atoms with van der Waals surface area (Å²) in [6.45, 7) is 0. The van der Waals surface area contributed by atoms with Crippen LogP contribution in [-0.4, -0.2) is 18.2 Å². The first-order valence-corrected chi connectivity index (χ1v) is 5.20. The van der Waals surface area contributed by atoms with Crippen LogP contribution in [0, 0.1) is 3.57 Å². The van der Waals surface area contributed by atoms with Crippen molar-refractivity contribution in [3.05, 3.63) is 25.7 Å². The van der Waals surface area contributed by atoms with Crippen molar-refractivity contribution in [1.29, 1.82) is 0 Å². The minimum Gasteiger partial charge on any atom is -0.506 e. The van der Waals surface area contributed by atoms with E-state index in [-0.39, 0.29) is 11.3 Å². The number of halogens is 2. The Hall–Kier alpha value is -0.300. The molecular weight excluding hydrogens is 351 g/mol. The van der Waals surface area contributed by atoms with Crippen molar-refractivity contribution in [2.75, 3.05) is 7.11 Å². The van der Waals surface area contributed by atoms with Gasteiger partial charge in [0.05, 0.1) is 10.7 Å². The number of carbonyl (C=O) groups excluding carboxylic acids is 1. The maximum atomic E-state index is 11.1. The van der Waals surface area contributed by atoms with Gasteiger partial charge in [-0.15, -0.1) is 0 Å². The quantitative estimate of drug-likeness (QED) is 0.621. The van der Waals surface area contributed by atoms with E-state index in [2.05, 4.69) is 20.7 Å². The SMILES string of the molecule is COC(=O)c1ccc(Br)c(I)c1O. The number of carbonyl (C=O) groups is 1. The van der Waals surface area contributed by atoms with Gasteiger partial charge in [0.2, 0.25) is 0 Å². The van der Waals surface area contributed by atoms with Gasteiger partial charge in [-0.1, -0.05) is 0 Å². The fourth-order valence-corrected chi connectivity index (χ4v) is 1.60. The Balaban J connectivity index is 3.26. The van der Waals surface area contributed by atoms with E-state index in [4.69, 9.17) is 0 Å². The molecular formula is C8H6BrIO3. The number of hydrogen-bond acceptors (Lipinski definition) is 3. The van der Waals surface area contributed by atoms with Gasteiger partial charge in [-0.3, -0.25) is 0 Å². The van der Waals surface area contributed by atoms with Gasteiger partial charge in [0, 0.05) is 4.47 Å². The van der Waals surface area contributed by atoms with Crippen molar-refractivity contribution in [2.45, 2.75) is 0 Å². The standard InChI is InChI=1S/C8H6BrIO3/c1-13-8(12)4-2-3-5(9)6(10)7(4)11/h2-3,11H,1H3. The van der Waals surface area contributed by atoms with Crippen LogP contribution in [0.2, 0.25) is 0 Å². The smallest absolute Gasteiger partial charge is 0.341 e. The van der Waals surface area contributed by atoms with Crippen LogP contribution >= 0.6 is 38.5 Å². The average Bonchev–Trinajstić information content (AvgIpc) is 2.13. The number of ether oxygens (including phenoxy) is 1. The van der Waals surface area contributed by atoms with Gasteiger partial charge in [0.1, 0.15) is 11.3 Å². The lowest BCUT2D eigenvalue weighted by atomic mass is 10.2. The molecule has 0 saturated heterocycles. The van der Waals surface area contributed by atoms with Crippen molar-refractivity contribution < 1.29 is 14.6 Å². The molecule has 1 rings (SSSR count). The molecule has 0 aliphatic heterocycles. The van der Waals surface area contributed by atoms with Crippen molar-refractivity contribution in [3.8, 4) is 5.75 Å². The van der Waals surface area contributed by atoms with Crippen LogP contribution in [-0.2, 0) is 4.74 Å². The number of methoxy groups -OCH3 is 1. The Bertz CT molecular complexity index is 351. The second kappa shape index (κ2) is 4.28. The number of esters is 1. The summed E-state index contributed by atoms with van der Waals surface area (Å²) in [4.78, 5) is 11.1. The molecule has 3 nitrogen and oxygen atoms in total. The Morgan fingerprint density at radius 3 is 2.77 bits per heavy atom. The van der Waals surface area contributed by atoms with E-state index in [1.54, 1.807) is 6.07 Å². The highest BCUT2D eigenvalue weighted by Gasteiger charge is 2.15. The molecule has 1 N–H and O–H groups in total. The van der Waals surface area contributed by atoms with E-state index in [9.17, 15) is 9.90 Å². The fourth-order valence-electron chi connectivity index (χ4n) is 0.815. The minimum atomic E-state index is -0.539. The molecule has 0 aliphatic rings. The highest BCUT2D eigenvalue weighted by molar-refractivity contribution is 14.1. The molecule has 13 heavy (non-hydrogen) atoms. The van der Waals surface area contributed by atoms with Crippen LogP contribution in [0.5, 0.6) is 5.75 Å². The van der Waals surface area contributed by atoms with E-state index < -0.39 is 5.97 Å². The topological polar surface area (TPSA) is 46.5 Å². The molecule has 1 aromatic rings. The fraction of sp³-hybridized carbons (Fsp3) is 0.125. The van der Waals surface area contributed by atoms with Crippen LogP contribution in [0.3, 0.4) is 0 Å². The summed E-state index contributed by atoms with van der Waals surface area (Å²) in [6, 6.07) is 3.20. The summed E-state index contributed by atoms with van der Waals surface area (Å²) < 4.78 is 5.84. The first kappa shape index (κ1) is 10.8. The molecule has 0 unspecified atom stereocenters. The predicted molar refractivity (Wildman–Crippen MR) is 59.9 cm³/mol. The van der Waals surface area contributed by atoms with E-state index in [0.717, 1.165) is 4.47 Å². The summed E-state index contributed by atoms with van der Waals surface area (Å²) in [5.41, 5.74) is 0.176. The Kier molecular flexibility index (Phi) is 3.55. The highest BCUT2D eigenvalue weighted by atomic mass is 127. The number of phenolic OH excluding ortho intramolecular Hbond substituents is 1. The summed E-state index contributed by atoms with van der Waals surface area (Å²) in [5, 5.41) is 9.54. The lowest BCUT2D eigenvalue weighted by molar-refractivity contribution is 0.0597. The average molecular weight is 357 g/mol. The molecule has 0 aliphatic carbocycles. The molecule has 0 fully saturated rings. The number of phenols is 1. The van der Waals surface area contributed by atoms with E-state index in [1.165, 1.54) is 13.2 Å². The number of hydrogen-bond donors (Lipinski definition) is 1. The van der Waals surface area contributed by atoms with E-state index in [0.29, 0.717) is 3.57 Å². The molecule has 0 saturated carbocycles. The first-order chi connectivity index (χ1) is 6.07. The van der Waals surface area contributed by atoms with Gasteiger partial charge in [-0.25, -0.2) is 4.79 Å². The number of aromatic hydroxyl groups is 1. The molecule has 5 heteroatoms. The van der Waals surface area contributed by atoms with Crippen molar-refractivity contribution in [2.24, 2.45) is 0 Å². The van der Waals surface area contributed by atoms with Crippen molar-refractivity contribution >= 4 is 44.5 Å². The first-order valence-electron chi connectivity index (χ1n) is 3.33. The van der Waals surface area contributed by atoms with Crippen LogP contribution in [0.25, 0.3) is 0 Å². The number of benzene rings is 1. The van der Waals surface area contributed by atoms with Gasteiger partial charge in [-0.05, 0) is 50.7 Å². The number of rotatable bonds is 1. The maximum Gasteiger partial charge on any atom is 0.341 e. The van der Waals surface area contributed by atoms with Crippen LogP contribution in [0.4, 0.5) is 0 Å². The Morgan fingerprint density at radius 1 is 1.62 bits per heavy atom. The molecule has 0 bridgehead atoms. The van der Waals surface area contributed by atoms with Crippen molar-refractivity contribution in [3.63, 3.8) is 0 Å². The summed E-state index contributed by atoms with van der Waals surface area (Å²) in [7, 11) is 1.27. The molecule has 1 aromatic carbocycles. The molecule has 0 heterocycles. The van der Waals surface area contributed by atoms with Crippen molar-refractivity contribution in [1.82, 2.24) is 0 Å². The predicted octanol–water partition coefficient (Wildman–Crippen LogP) is 2.55. The van der Waals surface area contributed by atoms with Crippen LogP contribution < -0.4 is 0 Å². The zero-order chi connectivity index (χ0) is 10.0. The highest BCUT2D eigenvalue weighted by Crippen LogP contribution is 2.31. The molecule has 0 amide bonds. The third kappa shape index (κ3) is 2.14. The Labute approximate surface area is 97.4 Å². The minimum absolute atomic E-state index is 0.0539. The van der Waals surface area contributed by atoms with E-state index >= 15 is 0 Å². The van der Waals surface area contributed by atoms with Gasteiger partial charge in [0.25, 0.3) is 0 Å². The van der Waals surface area contributed by atoms with Gasteiger partial charge >= 0.3 is 5.97 Å². The zero-order valence-corrected chi connectivity index (χ0v) is 10.4. The Morgan fingerprint density at radius 2 is 2.23 bits per heavy atom. The monoisotopic (exact) mass is 356 g/mol. The second-order valence-electron chi connectivity index (χ2n) is 2.25. The van der Waals surface area contributed by atoms with Gasteiger partial charge in [0.15, 0.2) is 0 Å². The molecule has 0 aromatic heterocycles. The second-order valence-corrected chi connectivity index (χ2v) is 4.18. The third-order valence-electron chi connectivity index (χ3n) is 1.47. The summed E-state index contributed by atoms with van der Waals surface area (Å²) in [6.07, 6.45) is 0.